The fourth-order valence-electron chi connectivity index (χ4n) is 1.46. The monoisotopic (exact) mass is 584 g/mol. The molecule has 0 fully saturated rings. The molecule has 0 spiro atoms. The number of phosphoric ester groups is 3. The van der Waals surface area contributed by atoms with Crippen LogP contribution in [0, 0.1) is 0 Å². The minimum absolute atomic E-state index is 0.0401. The van der Waals surface area contributed by atoms with E-state index < -0.39 is 29.4 Å². The summed E-state index contributed by atoms with van der Waals surface area (Å²) in [6, 6.07) is 0. The molecule has 0 atom stereocenters. The minimum Gasteiger partial charge on any atom is -0.460 e. The smallest absolute Gasteiger partial charge is 0.460 e. The van der Waals surface area contributed by atoms with E-state index in [1.165, 1.54) is 28.4 Å². The van der Waals surface area contributed by atoms with E-state index >= 15 is 0 Å². The van der Waals surface area contributed by atoms with Crippen LogP contribution in [0.15, 0.2) is 38.3 Å². The van der Waals surface area contributed by atoms with Gasteiger partial charge in [0.2, 0.25) is 0 Å². The van der Waals surface area contributed by atoms with Gasteiger partial charge in [0.05, 0.1) is 31.3 Å². The third kappa shape index (κ3) is 21.9. The van der Waals surface area contributed by atoms with Gasteiger partial charge < -0.3 is 13.8 Å². The van der Waals surface area contributed by atoms with Crippen molar-refractivity contribution in [2.45, 2.75) is 39.9 Å². The van der Waals surface area contributed by atoms with E-state index in [-0.39, 0.29) is 25.4 Å². The average molecular weight is 584 g/mol. The van der Waals surface area contributed by atoms with Crippen LogP contribution in [0.2, 0.25) is 0 Å². The molecule has 14 nitrogen and oxygen atoms in total. The summed E-state index contributed by atoms with van der Waals surface area (Å²) < 4.78 is 79.9. The topological polar surface area (TPSA) is 161 Å². The van der Waals surface area contributed by atoms with Gasteiger partial charge in [0.1, 0.15) is 6.61 Å². The molecule has 0 N–H and O–H groups in total. The number of carbonyl (C=O) groups is 1. The second-order valence-corrected chi connectivity index (χ2v) is 11.4. The van der Waals surface area contributed by atoms with Crippen molar-refractivity contribution in [1.82, 2.24) is 0 Å². The van der Waals surface area contributed by atoms with Crippen molar-refractivity contribution in [3.63, 3.8) is 0 Å². The molecule has 0 aliphatic carbocycles. The number of esters is 1. The molecule has 17 heteroatoms. The number of carbonyl (C=O) groups excluding carboxylic acids is 1. The first kappa shape index (κ1) is 39.2. The zero-order valence-corrected chi connectivity index (χ0v) is 24.7. The van der Waals surface area contributed by atoms with Crippen LogP contribution < -0.4 is 0 Å². The summed E-state index contributed by atoms with van der Waals surface area (Å²) in [5.41, 5.74) is 0. The maximum atomic E-state index is 11.7. The Bertz CT molecular complexity index is 738. The molecule has 0 radical (unpaired) electrons. The van der Waals surface area contributed by atoms with Crippen LogP contribution in [0.25, 0.3) is 0 Å². The summed E-state index contributed by atoms with van der Waals surface area (Å²) in [7, 11) is -5.37. The van der Waals surface area contributed by atoms with Crippen LogP contribution >= 0.6 is 23.5 Å². The Morgan fingerprint density at radius 2 is 1.08 bits per heavy atom. The first-order chi connectivity index (χ1) is 16.7. The van der Waals surface area contributed by atoms with E-state index in [1.54, 1.807) is 27.7 Å². The minimum atomic E-state index is -3.47. The van der Waals surface area contributed by atoms with Gasteiger partial charge in [0.15, 0.2) is 0 Å². The van der Waals surface area contributed by atoms with E-state index in [9.17, 15) is 18.5 Å². The van der Waals surface area contributed by atoms with E-state index in [0.717, 1.165) is 18.6 Å². The maximum absolute atomic E-state index is 11.7. The Kier molecular flexibility index (Phi) is 23.7. The van der Waals surface area contributed by atoms with E-state index in [2.05, 4.69) is 47.1 Å². The van der Waals surface area contributed by atoms with Gasteiger partial charge in [-0.15, -0.1) is 0 Å². The number of hydrogen-bond donors (Lipinski definition) is 0. The normalized spacial score (nSPS) is 11.4. The highest BCUT2D eigenvalue weighted by atomic mass is 31.2. The summed E-state index contributed by atoms with van der Waals surface area (Å²) >= 11 is 0. The van der Waals surface area contributed by atoms with Gasteiger partial charge in [-0.1, -0.05) is 19.7 Å². The molecule has 0 unspecified atom stereocenters. The van der Waals surface area contributed by atoms with E-state index in [1.807, 2.05) is 0 Å². The van der Waals surface area contributed by atoms with Crippen LogP contribution in [0.1, 0.15) is 27.7 Å². The highest BCUT2D eigenvalue weighted by Gasteiger charge is 2.29. The lowest BCUT2D eigenvalue weighted by Gasteiger charge is -2.20. The molecule has 0 saturated heterocycles. The van der Waals surface area contributed by atoms with Crippen LogP contribution in [-0.4, -0.2) is 59.8 Å². The molecule has 0 aliphatic heterocycles. The summed E-state index contributed by atoms with van der Waals surface area (Å²) in [6.07, 6.45) is 2.65. The van der Waals surface area contributed by atoms with Gasteiger partial charge in [0.25, 0.3) is 0 Å². The van der Waals surface area contributed by atoms with Crippen molar-refractivity contribution in [1.29, 1.82) is 0 Å². The van der Waals surface area contributed by atoms with E-state index in [4.69, 9.17) is 18.1 Å². The number of rotatable bonds is 17. The lowest BCUT2D eigenvalue weighted by Crippen LogP contribution is -2.08. The summed E-state index contributed by atoms with van der Waals surface area (Å²) in [5, 5.41) is 0. The third-order valence-corrected chi connectivity index (χ3v) is 7.19. The second-order valence-electron chi connectivity index (χ2n) is 6.13. The number of hydrogen-bond acceptors (Lipinski definition) is 14. The predicted molar refractivity (Wildman–Crippen MR) is 133 cm³/mol. The van der Waals surface area contributed by atoms with Crippen molar-refractivity contribution < 1.29 is 63.9 Å². The third-order valence-electron chi connectivity index (χ3n) is 2.73. The molecule has 0 aromatic rings. The molecular weight excluding hydrogens is 545 g/mol. The fourth-order valence-corrected chi connectivity index (χ4v) is 3.99. The van der Waals surface area contributed by atoms with Gasteiger partial charge >= 0.3 is 29.4 Å². The highest BCUT2D eigenvalue weighted by molar-refractivity contribution is 7.49. The Balaban J connectivity index is -0.000000465. The molecule has 0 saturated carbocycles. The largest absolute Gasteiger partial charge is 0.529 e. The molecule has 0 rings (SSSR count). The van der Waals surface area contributed by atoms with Gasteiger partial charge in [-0.3, -0.25) is 31.7 Å². The fraction of sp³-hybridized carbons (Fsp3) is 0.632. The summed E-state index contributed by atoms with van der Waals surface area (Å²) in [4.78, 5) is 10.5. The van der Waals surface area contributed by atoms with Crippen molar-refractivity contribution in [2.24, 2.45) is 0 Å². The highest BCUT2D eigenvalue weighted by Crippen LogP contribution is 2.51. The van der Waals surface area contributed by atoms with E-state index in [0.29, 0.717) is 0 Å². The molecule has 0 amide bonds. The molecule has 0 bridgehead atoms. The standard InChI is InChI=1S/C8H17O4P.C7H13O6P.C4H9O4P/c1-6-10-13(9,11-7(2)3)12-8(4)5;1-4-7(8)12-5-6-13-14(9,10-2)11-3;1-4-8-9(5,6-2)7-3/h6-8H,1H2,2-5H3;4H,1,5-6H2,2-3H3;4H,1H2,2-3H3. The molecule has 0 aliphatic rings. The Hall–Kier alpha value is -1.30. The van der Waals surface area contributed by atoms with Crippen LogP contribution in [0.5, 0.6) is 0 Å². The van der Waals surface area contributed by atoms with Gasteiger partial charge in [-0.2, -0.15) is 0 Å². The lowest BCUT2D eigenvalue weighted by atomic mass is 10.5. The second kappa shape index (κ2) is 21.8. The maximum Gasteiger partial charge on any atom is 0.529 e. The number of phosphoric acid groups is 3. The quantitative estimate of drug-likeness (QED) is 0.0664. The molecule has 36 heavy (non-hydrogen) atoms. The predicted octanol–water partition coefficient (Wildman–Crippen LogP) is 5.79. The molecule has 0 aromatic heterocycles. The molecule has 0 aromatic carbocycles. The Morgan fingerprint density at radius 1 is 0.694 bits per heavy atom. The Labute approximate surface area is 213 Å². The summed E-state index contributed by atoms with van der Waals surface area (Å²) in [6.45, 7) is 16.6. The first-order valence-corrected chi connectivity index (χ1v) is 14.5. The molecule has 0 heterocycles. The van der Waals surface area contributed by atoms with Gasteiger partial charge in [-0.05, 0) is 27.7 Å². The zero-order chi connectivity index (χ0) is 28.8. The van der Waals surface area contributed by atoms with Crippen LogP contribution in [0.4, 0.5) is 0 Å². The van der Waals surface area contributed by atoms with Gasteiger partial charge in [-0.25, -0.2) is 18.5 Å². The van der Waals surface area contributed by atoms with Gasteiger partial charge in [0, 0.05) is 34.5 Å². The summed E-state index contributed by atoms with van der Waals surface area (Å²) in [5.74, 6) is -0.571. The number of ether oxygens (including phenoxy) is 1. The van der Waals surface area contributed by atoms with Crippen LogP contribution in [0.3, 0.4) is 0 Å². The zero-order valence-electron chi connectivity index (χ0n) is 22.0. The van der Waals surface area contributed by atoms with Crippen LogP contribution in [-0.2, 0) is 63.9 Å². The molecular formula is C19H39O14P3. The van der Waals surface area contributed by atoms with Crippen molar-refractivity contribution >= 4 is 29.4 Å². The Morgan fingerprint density at radius 3 is 1.36 bits per heavy atom. The van der Waals surface area contributed by atoms with Crippen molar-refractivity contribution in [3.05, 3.63) is 38.3 Å². The first-order valence-electron chi connectivity index (χ1n) is 10.1. The van der Waals surface area contributed by atoms with Crippen molar-refractivity contribution in [3.8, 4) is 0 Å². The lowest BCUT2D eigenvalue weighted by molar-refractivity contribution is -0.138. The average Bonchev–Trinajstić information content (AvgIpc) is 2.81. The molecule has 214 valence electrons. The van der Waals surface area contributed by atoms with Crippen molar-refractivity contribution in [2.75, 3.05) is 41.7 Å². The SMILES string of the molecule is C=CC(=O)OCCOP(=O)(OC)OC.C=COP(=O)(OC(C)C)OC(C)C.C=COP(=O)(OC)OC.